The fourth-order valence-corrected chi connectivity index (χ4v) is 1.93. The minimum Gasteiger partial charge on any atom is -0.492 e. The number of hydrogen-bond donors (Lipinski definition) is 2. The lowest BCUT2D eigenvalue weighted by molar-refractivity contribution is -0.113. The van der Waals surface area contributed by atoms with Gasteiger partial charge in [0.2, 0.25) is 5.91 Å². The first kappa shape index (κ1) is 15.9. The summed E-state index contributed by atoms with van der Waals surface area (Å²) in [7, 11) is 0. The third-order valence-electron chi connectivity index (χ3n) is 2.16. The zero-order valence-corrected chi connectivity index (χ0v) is 12.5. The number of carbonyl (C=O) groups is 1. The first-order chi connectivity index (χ1) is 8.90. The maximum Gasteiger partial charge on any atom is 0.234 e. The second-order valence-corrected chi connectivity index (χ2v) is 6.91. The minimum absolute atomic E-state index is 0.00977. The van der Waals surface area contributed by atoms with Gasteiger partial charge in [0.25, 0.3) is 0 Å². The normalized spacial score (nSPS) is 11.2. The highest BCUT2D eigenvalue weighted by molar-refractivity contribution is 8.01. The van der Waals surface area contributed by atoms with Crippen molar-refractivity contribution in [2.24, 2.45) is 5.73 Å². The van der Waals surface area contributed by atoms with Crippen molar-refractivity contribution in [2.75, 3.05) is 24.2 Å². The molecule has 0 spiro atoms. The van der Waals surface area contributed by atoms with Crippen LogP contribution in [0.1, 0.15) is 20.8 Å². The highest BCUT2D eigenvalue weighted by Crippen LogP contribution is 2.23. The minimum atomic E-state index is 0.00977. The third-order valence-corrected chi connectivity index (χ3v) is 3.43. The van der Waals surface area contributed by atoms with Crippen LogP contribution in [0.25, 0.3) is 0 Å². The summed E-state index contributed by atoms with van der Waals surface area (Å²) in [5, 5.41) is 2.86. The zero-order chi connectivity index (χ0) is 14.3. The molecule has 106 valence electrons. The fraction of sp³-hybridized carbons (Fsp3) is 0.500. The van der Waals surface area contributed by atoms with Crippen LogP contribution in [0, 0.1) is 0 Å². The molecule has 3 N–H and O–H groups in total. The number of rotatable bonds is 6. The molecule has 1 rings (SSSR count). The van der Waals surface area contributed by atoms with E-state index >= 15 is 0 Å². The molecule has 5 heteroatoms. The number of nitrogens with one attached hydrogen (secondary N) is 1. The Labute approximate surface area is 119 Å². The Morgan fingerprint density at radius 3 is 2.47 bits per heavy atom. The Morgan fingerprint density at radius 1 is 1.32 bits per heavy atom. The summed E-state index contributed by atoms with van der Waals surface area (Å²) in [6.45, 7) is 7.26. The van der Waals surface area contributed by atoms with E-state index in [2.05, 4.69) is 26.1 Å². The lowest BCUT2D eigenvalue weighted by Gasteiger charge is -2.17. The summed E-state index contributed by atoms with van der Waals surface area (Å²) < 4.78 is 5.46. The standard InChI is InChI=1S/C14H22N2O2S/c1-14(2,3)19-10-13(17)16-11-4-6-12(7-5-11)18-9-8-15/h4-7H,8-10,15H2,1-3H3,(H,16,17). The second-order valence-electron chi connectivity index (χ2n) is 5.11. The lowest BCUT2D eigenvalue weighted by Crippen LogP contribution is -2.18. The van der Waals surface area contributed by atoms with Crippen LogP contribution < -0.4 is 15.8 Å². The van der Waals surface area contributed by atoms with Crippen LogP contribution in [0.5, 0.6) is 5.75 Å². The first-order valence-electron chi connectivity index (χ1n) is 6.27. The summed E-state index contributed by atoms with van der Waals surface area (Å²) in [5.41, 5.74) is 6.13. The molecule has 0 aliphatic rings. The number of carbonyl (C=O) groups excluding carboxylic acids is 1. The summed E-state index contributed by atoms with van der Waals surface area (Å²) >= 11 is 1.62. The van der Waals surface area contributed by atoms with Gasteiger partial charge in [0.1, 0.15) is 12.4 Å². The molecule has 0 saturated carbocycles. The Kier molecular flexibility index (Phi) is 6.18. The van der Waals surface area contributed by atoms with Crippen molar-refractivity contribution in [2.45, 2.75) is 25.5 Å². The number of ether oxygens (including phenoxy) is 1. The van der Waals surface area contributed by atoms with E-state index in [9.17, 15) is 4.79 Å². The molecule has 4 nitrogen and oxygen atoms in total. The number of amides is 1. The molecule has 1 aromatic rings. The quantitative estimate of drug-likeness (QED) is 0.841. The Hall–Kier alpha value is -1.20. The number of thioether (sulfide) groups is 1. The van der Waals surface area contributed by atoms with Crippen molar-refractivity contribution < 1.29 is 9.53 Å². The molecule has 0 heterocycles. The molecule has 0 unspecified atom stereocenters. The van der Waals surface area contributed by atoms with Gasteiger partial charge in [0.15, 0.2) is 0 Å². The van der Waals surface area contributed by atoms with E-state index in [1.165, 1.54) is 0 Å². The first-order valence-corrected chi connectivity index (χ1v) is 7.26. The van der Waals surface area contributed by atoms with Crippen LogP contribution in [-0.2, 0) is 4.79 Å². The highest BCUT2D eigenvalue weighted by Gasteiger charge is 2.13. The van der Waals surface area contributed by atoms with Gasteiger partial charge in [-0.2, -0.15) is 0 Å². The third kappa shape index (κ3) is 7.08. The summed E-state index contributed by atoms with van der Waals surface area (Å²) in [6.07, 6.45) is 0. The molecule has 0 bridgehead atoms. The van der Waals surface area contributed by atoms with Crippen molar-refractivity contribution in [3.8, 4) is 5.75 Å². The van der Waals surface area contributed by atoms with Crippen LogP contribution in [0.2, 0.25) is 0 Å². The fourth-order valence-electron chi connectivity index (χ4n) is 1.29. The number of hydrogen-bond acceptors (Lipinski definition) is 4. The maximum atomic E-state index is 11.7. The molecule has 0 saturated heterocycles. The van der Waals surface area contributed by atoms with Crippen LogP contribution in [0.3, 0.4) is 0 Å². The molecular formula is C14H22N2O2S. The predicted octanol–water partition coefficient (Wildman–Crippen LogP) is 2.49. The van der Waals surface area contributed by atoms with Gasteiger partial charge in [0.05, 0.1) is 5.75 Å². The number of benzene rings is 1. The highest BCUT2D eigenvalue weighted by atomic mass is 32.2. The molecule has 0 aliphatic heterocycles. The molecule has 0 atom stereocenters. The molecule has 1 amide bonds. The van der Waals surface area contributed by atoms with E-state index in [0.29, 0.717) is 18.9 Å². The van der Waals surface area contributed by atoms with Gasteiger partial charge in [-0.15, -0.1) is 11.8 Å². The Balaban J connectivity index is 2.42. The second kappa shape index (κ2) is 7.40. The van der Waals surface area contributed by atoms with Crippen molar-refractivity contribution in [1.29, 1.82) is 0 Å². The molecular weight excluding hydrogens is 260 g/mol. The van der Waals surface area contributed by atoms with Gasteiger partial charge >= 0.3 is 0 Å². The van der Waals surface area contributed by atoms with E-state index in [0.717, 1.165) is 11.4 Å². The molecule has 19 heavy (non-hydrogen) atoms. The van der Waals surface area contributed by atoms with Crippen LogP contribution in [0.15, 0.2) is 24.3 Å². The van der Waals surface area contributed by atoms with E-state index in [1.54, 1.807) is 11.8 Å². The topological polar surface area (TPSA) is 64.3 Å². The van der Waals surface area contributed by atoms with Crippen molar-refractivity contribution in [1.82, 2.24) is 0 Å². The predicted molar refractivity (Wildman–Crippen MR) is 81.8 cm³/mol. The van der Waals surface area contributed by atoms with Crippen LogP contribution in [-0.4, -0.2) is 29.6 Å². The van der Waals surface area contributed by atoms with Gasteiger partial charge < -0.3 is 15.8 Å². The van der Waals surface area contributed by atoms with Crippen molar-refractivity contribution >= 4 is 23.4 Å². The lowest BCUT2D eigenvalue weighted by atomic mass is 10.3. The Bertz CT molecular complexity index is 399. The molecule has 0 aromatic heterocycles. The summed E-state index contributed by atoms with van der Waals surface area (Å²) in [6, 6.07) is 7.29. The van der Waals surface area contributed by atoms with Gasteiger partial charge in [-0.1, -0.05) is 20.8 Å². The van der Waals surface area contributed by atoms with Gasteiger partial charge in [0, 0.05) is 17.0 Å². The van der Waals surface area contributed by atoms with Crippen molar-refractivity contribution in [3.05, 3.63) is 24.3 Å². The van der Waals surface area contributed by atoms with Crippen molar-refractivity contribution in [3.63, 3.8) is 0 Å². The largest absolute Gasteiger partial charge is 0.492 e. The smallest absolute Gasteiger partial charge is 0.234 e. The average Bonchev–Trinajstić information content (AvgIpc) is 2.35. The Morgan fingerprint density at radius 2 is 1.95 bits per heavy atom. The number of nitrogens with two attached hydrogens (primary N) is 1. The molecule has 0 radical (unpaired) electrons. The van der Waals surface area contributed by atoms with E-state index < -0.39 is 0 Å². The molecule has 0 fully saturated rings. The maximum absolute atomic E-state index is 11.7. The molecule has 1 aromatic carbocycles. The van der Waals surface area contributed by atoms with Crippen LogP contribution >= 0.6 is 11.8 Å². The zero-order valence-electron chi connectivity index (χ0n) is 11.7. The van der Waals surface area contributed by atoms with Gasteiger partial charge in [-0.3, -0.25) is 4.79 Å². The van der Waals surface area contributed by atoms with E-state index in [4.69, 9.17) is 10.5 Å². The van der Waals surface area contributed by atoms with Gasteiger partial charge in [-0.05, 0) is 24.3 Å². The summed E-state index contributed by atoms with van der Waals surface area (Å²) in [5.74, 6) is 1.22. The van der Waals surface area contributed by atoms with Gasteiger partial charge in [-0.25, -0.2) is 0 Å². The molecule has 0 aliphatic carbocycles. The van der Waals surface area contributed by atoms with E-state index in [-0.39, 0.29) is 10.7 Å². The summed E-state index contributed by atoms with van der Waals surface area (Å²) in [4.78, 5) is 11.7. The van der Waals surface area contributed by atoms with E-state index in [1.807, 2.05) is 24.3 Å². The van der Waals surface area contributed by atoms with Crippen LogP contribution in [0.4, 0.5) is 5.69 Å². The average molecular weight is 282 g/mol. The number of anilines is 1. The monoisotopic (exact) mass is 282 g/mol. The SMILES string of the molecule is CC(C)(C)SCC(=O)Nc1ccc(OCCN)cc1.